The molecule has 2 aliphatic rings. The van der Waals surface area contributed by atoms with E-state index in [4.69, 9.17) is 4.74 Å². The largest absolute Gasteiger partial charge is 0.379 e. The van der Waals surface area contributed by atoms with E-state index in [1.165, 1.54) is 5.56 Å². The Morgan fingerprint density at radius 2 is 2.32 bits per heavy atom. The highest BCUT2D eigenvalue weighted by atomic mass is 16.5. The minimum absolute atomic E-state index is 0.0708. The van der Waals surface area contributed by atoms with Gasteiger partial charge in [-0.1, -0.05) is 0 Å². The van der Waals surface area contributed by atoms with Gasteiger partial charge in [0.2, 0.25) is 0 Å². The smallest absolute Gasteiger partial charge is 0.317 e. The molecule has 1 aromatic rings. The molecule has 0 aliphatic carbocycles. The summed E-state index contributed by atoms with van der Waals surface area (Å²) < 4.78 is 7.32. The number of hydrogen-bond donors (Lipinski definition) is 1. The van der Waals surface area contributed by atoms with Gasteiger partial charge in [-0.15, -0.1) is 0 Å². The molecule has 1 N–H and O–H groups in total. The second kappa shape index (κ2) is 8.19. The minimum Gasteiger partial charge on any atom is -0.379 e. The van der Waals surface area contributed by atoms with E-state index in [2.05, 4.69) is 35.4 Å². The highest BCUT2D eigenvalue weighted by Gasteiger charge is 2.28. The van der Waals surface area contributed by atoms with Gasteiger partial charge in [0.1, 0.15) is 0 Å². The Balaban J connectivity index is 1.41. The number of likely N-dealkylation sites (tertiary alicyclic amines) is 1. The molecule has 3 atom stereocenters. The van der Waals surface area contributed by atoms with Gasteiger partial charge >= 0.3 is 6.03 Å². The summed E-state index contributed by atoms with van der Waals surface area (Å²) in [6, 6.07) is 0.814. The number of carbonyl (C=O) groups excluding carboxylic acids is 1. The maximum atomic E-state index is 12.5. The van der Waals surface area contributed by atoms with Crippen LogP contribution in [0.25, 0.3) is 0 Å². The molecule has 7 nitrogen and oxygen atoms in total. The van der Waals surface area contributed by atoms with E-state index in [0.29, 0.717) is 24.5 Å². The number of aryl methyl sites for hydroxylation is 1. The molecule has 140 valence electrons. The molecular formula is C18H31N5O2. The van der Waals surface area contributed by atoms with Crippen molar-refractivity contribution in [3.63, 3.8) is 0 Å². The van der Waals surface area contributed by atoms with E-state index in [0.717, 1.165) is 45.7 Å². The molecule has 0 radical (unpaired) electrons. The molecule has 2 saturated heterocycles. The van der Waals surface area contributed by atoms with Crippen molar-refractivity contribution in [3.05, 3.63) is 18.0 Å². The molecule has 2 fully saturated rings. The predicted octanol–water partition coefficient (Wildman–Crippen LogP) is 1.10. The number of morpholine rings is 1. The Kier molecular flexibility index (Phi) is 5.96. The van der Waals surface area contributed by atoms with E-state index in [-0.39, 0.29) is 6.03 Å². The molecule has 2 aliphatic heterocycles. The Morgan fingerprint density at radius 3 is 3.04 bits per heavy atom. The van der Waals surface area contributed by atoms with E-state index in [9.17, 15) is 4.79 Å². The molecule has 2 amide bonds. The fraction of sp³-hybridized carbons (Fsp3) is 0.778. The average Bonchev–Trinajstić information content (AvgIpc) is 3.22. The molecule has 0 unspecified atom stereocenters. The summed E-state index contributed by atoms with van der Waals surface area (Å²) >= 11 is 0. The lowest BCUT2D eigenvalue weighted by Gasteiger charge is -2.38. The molecule has 7 heteroatoms. The molecule has 0 bridgehead atoms. The first-order valence-corrected chi connectivity index (χ1v) is 9.36. The predicted molar refractivity (Wildman–Crippen MR) is 96.4 cm³/mol. The van der Waals surface area contributed by atoms with Crippen LogP contribution in [-0.4, -0.2) is 77.1 Å². The summed E-state index contributed by atoms with van der Waals surface area (Å²) in [4.78, 5) is 16.8. The van der Waals surface area contributed by atoms with Gasteiger partial charge < -0.3 is 15.0 Å². The second-order valence-corrected chi connectivity index (χ2v) is 7.52. The molecule has 25 heavy (non-hydrogen) atoms. The van der Waals surface area contributed by atoms with Gasteiger partial charge in [0, 0.05) is 51.5 Å². The average molecular weight is 349 g/mol. The fourth-order valence-corrected chi connectivity index (χ4v) is 3.95. The van der Waals surface area contributed by atoms with Crippen LogP contribution in [0.15, 0.2) is 12.4 Å². The number of hydrogen-bond acceptors (Lipinski definition) is 4. The van der Waals surface area contributed by atoms with Crippen molar-refractivity contribution in [1.29, 1.82) is 0 Å². The zero-order valence-electron chi connectivity index (χ0n) is 15.6. The van der Waals surface area contributed by atoms with Gasteiger partial charge in [0.05, 0.1) is 19.4 Å². The van der Waals surface area contributed by atoms with E-state index < -0.39 is 0 Å². The number of rotatable bonds is 5. The Morgan fingerprint density at radius 1 is 1.48 bits per heavy atom. The first kappa shape index (κ1) is 18.2. The Hall–Kier alpha value is -1.60. The second-order valence-electron chi connectivity index (χ2n) is 7.52. The number of ether oxygens (including phenoxy) is 1. The molecule has 0 aromatic carbocycles. The summed E-state index contributed by atoms with van der Waals surface area (Å²) in [6.07, 6.45) is 6.06. The van der Waals surface area contributed by atoms with Crippen LogP contribution >= 0.6 is 0 Å². The number of carbonyl (C=O) groups is 1. The fourth-order valence-electron chi connectivity index (χ4n) is 3.95. The monoisotopic (exact) mass is 349 g/mol. The maximum Gasteiger partial charge on any atom is 0.317 e. The van der Waals surface area contributed by atoms with Crippen LogP contribution in [0.3, 0.4) is 0 Å². The zero-order valence-corrected chi connectivity index (χ0v) is 15.6. The Labute approximate surface area is 150 Å². The van der Waals surface area contributed by atoms with E-state index in [1.807, 2.05) is 22.8 Å². The molecule has 3 rings (SSSR count). The molecule has 0 spiro atoms. The lowest BCUT2D eigenvalue weighted by atomic mass is 10.0. The molecule has 0 saturated carbocycles. The van der Waals surface area contributed by atoms with Crippen LogP contribution in [0.2, 0.25) is 0 Å². The first-order chi connectivity index (χ1) is 12.0. The highest BCUT2D eigenvalue weighted by Crippen LogP contribution is 2.20. The molecule has 1 aromatic heterocycles. The van der Waals surface area contributed by atoms with Crippen molar-refractivity contribution in [2.24, 2.45) is 13.0 Å². The van der Waals surface area contributed by atoms with Crippen molar-refractivity contribution < 1.29 is 9.53 Å². The summed E-state index contributed by atoms with van der Waals surface area (Å²) in [5.74, 6) is 0.534. The standard InChI is InChI=1S/C18H31N5O2/c1-14(23-6-7-25-13-15(23)2)9-19-18(24)22-5-4-16(12-22)8-17-10-20-21(3)11-17/h10-11,14-16H,4-9,12-13H2,1-3H3,(H,19,24)/t14-,15+,16+/m1/s1. The number of nitrogens with zero attached hydrogens (tertiary/aromatic N) is 4. The van der Waals surface area contributed by atoms with Gasteiger partial charge in [0.15, 0.2) is 0 Å². The normalized spacial score (nSPS) is 26.0. The third-order valence-corrected chi connectivity index (χ3v) is 5.39. The minimum atomic E-state index is 0.0708. The van der Waals surface area contributed by atoms with Crippen molar-refractivity contribution >= 4 is 6.03 Å². The Bertz CT molecular complexity index is 576. The first-order valence-electron chi connectivity index (χ1n) is 9.36. The summed E-state index contributed by atoms with van der Waals surface area (Å²) in [7, 11) is 1.94. The number of nitrogens with one attached hydrogen (secondary N) is 1. The van der Waals surface area contributed by atoms with Gasteiger partial charge in [-0.3, -0.25) is 9.58 Å². The third kappa shape index (κ3) is 4.73. The van der Waals surface area contributed by atoms with Gasteiger partial charge in [0.25, 0.3) is 0 Å². The van der Waals surface area contributed by atoms with Crippen LogP contribution in [0, 0.1) is 5.92 Å². The molecular weight excluding hydrogens is 318 g/mol. The van der Waals surface area contributed by atoms with Crippen molar-refractivity contribution in [1.82, 2.24) is 24.9 Å². The highest BCUT2D eigenvalue weighted by molar-refractivity contribution is 5.74. The lowest BCUT2D eigenvalue weighted by molar-refractivity contribution is -0.0177. The van der Waals surface area contributed by atoms with Crippen LogP contribution in [0.5, 0.6) is 0 Å². The van der Waals surface area contributed by atoms with E-state index >= 15 is 0 Å². The maximum absolute atomic E-state index is 12.5. The SMILES string of the molecule is C[C@H](CNC(=O)N1CC[C@@H](Cc2cnn(C)c2)C1)N1CCOC[C@@H]1C. The van der Waals surface area contributed by atoms with Crippen LogP contribution in [0.4, 0.5) is 4.79 Å². The lowest BCUT2D eigenvalue weighted by Crippen LogP contribution is -2.53. The topological polar surface area (TPSA) is 62.6 Å². The number of amides is 2. The van der Waals surface area contributed by atoms with Gasteiger partial charge in [-0.2, -0.15) is 5.10 Å². The number of aromatic nitrogens is 2. The van der Waals surface area contributed by atoms with Crippen molar-refractivity contribution in [2.75, 3.05) is 39.4 Å². The number of urea groups is 1. The molecule has 3 heterocycles. The van der Waals surface area contributed by atoms with Crippen LogP contribution in [-0.2, 0) is 18.2 Å². The van der Waals surface area contributed by atoms with Gasteiger partial charge in [-0.05, 0) is 38.2 Å². The zero-order chi connectivity index (χ0) is 17.8. The van der Waals surface area contributed by atoms with E-state index in [1.54, 1.807) is 0 Å². The van der Waals surface area contributed by atoms with Crippen LogP contribution in [0.1, 0.15) is 25.8 Å². The van der Waals surface area contributed by atoms with Gasteiger partial charge in [-0.25, -0.2) is 4.79 Å². The van der Waals surface area contributed by atoms with Crippen molar-refractivity contribution in [3.8, 4) is 0 Å². The quantitative estimate of drug-likeness (QED) is 0.865. The summed E-state index contributed by atoms with van der Waals surface area (Å²) in [5.41, 5.74) is 1.25. The summed E-state index contributed by atoms with van der Waals surface area (Å²) in [6.45, 7) is 9.23. The van der Waals surface area contributed by atoms with Crippen molar-refractivity contribution in [2.45, 2.75) is 38.8 Å². The third-order valence-electron chi connectivity index (χ3n) is 5.39. The van der Waals surface area contributed by atoms with Crippen LogP contribution < -0.4 is 5.32 Å². The summed E-state index contributed by atoms with van der Waals surface area (Å²) in [5, 5.41) is 7.34.